The third-order valence-corrected chi connectivity index (χ3v) is 4.49. The Hall–Kier alpha value is -3.48. The zero-order valence-electron chi connectivity index (χ0n) is 16.0. The summed E-state index contributed by atoms with van der Waals surface area (Å²) in [7, 11) is 0. The Balaban J connectivity index is 1.76. The molecule has 1 amide bonds. The molecule has 1 aromatic heterocycles. The Labute approximate surface area is 161 Å². The predicted octanol–water partition coefficient (Wildman–Crippen LogP) is 2.83. The van der Waals surface area contributed by atoms with Crippen molar-refractivity contribution in [3.05, 3.63) is 69.6 Å². The molecule has 0 saturated carbocycles. The maximum absolute atomic E-state index is 12.5. The van der Waals surface area contributed by atoms with Crippen LogP contribution < -0.4 is 10.9 Å². The van der Waals surface area contributed by atoms with E-state index in [-0.39, 0.29) is 11.3 Å². The minimum atomic E-state index is -0.756. The number of nitrogens with one attached hydrogen (secondary N) is 1. The van der Waals surface area contributed by atoms with Gasteiger partial charge in [0.1, 0.15) is 0 Å². The fourth-order valence-corrected chi connectivity index (χ4v) is 2.82. The molecule has 0 atom stereocenters. The van der Waals surface area contributed by atoms with Gasteiger partial charge in [0.2, 0.25) is 0 Å². The second-order valence-corrected chi connectivity index (χ2v) is 6.44. The van der Waals surface area contributed by atoms with Crippen molar-refractivity contribution >= 4 is 28.3 Å². The smallest absolute Gasteiger partial charge is 0.359 e. The van der Waals surface area contributed by atoms with Crippen LogP contribution in [0.15, 0.2) is 47.3 Å². The largest absolute Gasteiger partial charge is 0.451 e. The molecule has 1 N–H and O–H groups in total. The van der Waals surface area contributed by atoms with E-state index in [2.05, 4.69) is 10.4 Å². The van der Waals surface area contributed by atoms with Crippen molar-refractivity contribution in [3.63, 3.8) is 0 Å². The highest BCUT2D eigenvalue weighted by molar-refractivity contribution is 6.03. The summed E-state index contributed by atoms with van der Waals surface area (Å²) in [6.07, 6.45) is 0. The van der Waals surface area contributed by atoms with E-state index in [1.54, 1.807) is 37.3 Å². The third-order valence-electron chi connectivity index (χ3n) is 4.49. The van der Waals surface area contributed by atoms with Crippen LogP contribution in [0.2, 0.25) is 0 Å². The van der Waals surface area contributed by atoms with Gasteiger partial charge in [-0.2, -0.15) is 5.10 Å². The van der Waals surface area contributed by atoms with Crippen LogP contribution in [0, 0.1) is 13.8 Å². The molecule has 3 aromatic rings. The average molecular weight is 379 g/mol. The number of esters is 1. The van der Waals surface area contributed by atoms with Gasteiger partial charge in [-0.3, -0.25) is 9.59 Å². The molecule has 1 heterocycles. The topological polar surface area (TPSA) is 90.3 Å². The summed E-state index contributed by atoms with van der Waals surface area (Å²) in [5.41, 5.74) is 2.53. The van der Waals surface area contributed by atoms with Crippen LogP contribution in [0.5, 0.6) is 0 Å². The average Bonchev–Trinajstić information content (AvgIpc) is 2.69. The summed E-state index contributed by atoms with van der Waals surface area (Å²) in [5, 5.41) is 7.57. The summed E-state index contributed by atoms with van der Waals surface area (Å²) in [6.45, 7) is 5.56. The first-order chi connectivity index (χ1) is 13.4. The van der Waals surface area contributed by atoms with Gasteiger partial charge in [-0.1, -0.05) is 24.3 Å². The molecule has 0 aliphatic carbocycles. The Morgan fingerprint density at radius 1 is 1.07 bits per heavy atom. The number of aromatic nitrogens is 2. The molecule has 144 valence electrons. The normalized spacial score (nSPS) is 10.7. The number of ether oxygens (including phenoxy) is 1. The molecule has 28 heavy (non-hydrogen) atoms. The van der Waals surface area contributed by atoms with E-state index in [4.69, 9.17) is 4.74 Å². The Kier molecular flexibility index (Phi) is 5.54. The number of rotatable bonds is 5. The summed E-state index contributed by atoms with van der Waals surface area (Å²) in [6, 6.07) is 12.2. The highest BCUT2D eigenvalue weighted by Crippen LogP contribution is 2.15. The fraction of sp³-hybridized carbons (Fsp3) is 0.238. The number of hydrogen-bond acceptors (Lipinski definition) is 5. The first kappa shape index (κ1) is 19.3. The van der Waals surface area contributed by atoms with Gasteiger partial charge in [-0.25, -0.2) is 9.48 Å². The lowest BCUT2D eigenvalue weighted by molar-refractivity contribution is -0.119. The Bertz CT molecular complexity index is 1120. The minimum Gasteiger partial charge on any atom is -0.451 e. The first-order valence-electron chi connectivity index (χ1n) is 8.94. The lowest BCUT2D eigenvalue weighted by Gasteiger charge is -2.10. The predicted molar refractivity (Wildman–Crippen MR) is 107 cm³/mol. The molecule has 7 heteroatoms. The van der Waals surface area contributed by atoms with Gasteiger partial charge in [-0.05, 0) is 50.1 Å². The van der Waals surface area contributed by atoms with Gasteiger partial charge in [0, 0.05) is 17.6 Å². The molecule has 0 radical (unpaired) electrons. The maximum atomic E-state index is 12.5. The van der Waals surface area contributed by atoms with Crippen molar-refractivity contribution in [2.45, 2.75) is 27.3 Å². The second kappa shape index (κ2) is 8.04. The number of benzene rings is 2. The van der Waals surface area contributed by atoms with E-state index in [1.165, 1.54) is 4.68 Å². The molecule has 0 saturated heterocycles. The minimum absolute atomic E-state index is 0.0102. The van der Waals surface area contributed by atoms with Crippen molar-refractivity contribution in [1.82, 2.24) is 9.78 Å². The van der Waals surface area contributed by atoms with Crippen molar-refractivity contribution in [3.8, 4) is 0 Å². The van der Waals surface area contributed by atoms with Gasteiger partial charge in [0.05, 0.1) is 5.39 Å². The first-order valence-corrected chi connectivity index (χ1v) is 8.94. The van der Waals surface area contributed by atoms with E-state index < -0.39 is 18.5 Å². The number of amides is 1. The van der Waals surface area contributed by atoms with Crippen LogP contribution in [0.4, 0.5) is 5.69 Å². The van der Waals surface area contributed by atoms with Crippen molar-refractivity contribution in [1.29, 1.82) is 0 Å². The summed E-state index contributed by atoms with van der Waals surface area (Å²) >= 11 is 0. The molecule has 7 nitrogen and oxygen atoms in total. The lowest BCUT2D eigenvalue weighted by Crippen LogP contribution is -2.27. The highest BCUT2D eigenvalue weighted by atomic mass is 16.5. The fourth-order valence-electron chi connectivity index (χ4n) is 2.82. The van der Waals surface area contributed by atoms with E-state index in [0.29, 0.717) is 23.0 Å². The highest BCUT2D eigenvalue weighted by Gasteiger charge is 2.18. The molecule has 0 aliphatic heterocycles. The van der Waals surface area contributed by atoms with Gasteiger partial charge in [-0.15, -0.1) is 0 Å². The number of anilines is 1. The van der Waals surface area contributed by atoms with Crippen LogP contribution in [0.3, 0.4) is 0 Å². The summed E-state index contributed by atoms with van der Waals surface area (Å²) < 4.78 is 6.34. The van der Waals surface area contributed by atoms with E-state index in [1.807, 2.05) is 26.0 Å². The molecular formula is C21H21N3O4. The monoisotopic (exact) mass is 379 g/mol. The number of hydrogen-bond donors (Lipinski definition) is 1. The van der Waals surface area contributed by atoms with E-state index >= 15 is 0 Å². The number of fused-ring (bicyclic) bond motifs is 1. The molecule has 0 spiro atoms. The molecule has 2 aromatic carbocycles. The van der Waals surface area contributed by atoms with Crippen molar-refractivity contribution < 1.29 is 14.3 Å². The second-order valence-electron chi connectivity index (χ2n) is 6.44. The standard InChI is InChI=1S/C21H21N3O4/c1-4-24-20(26)17-8-6-5-7-16(17)19(23-24)21(27)28-12-18(25)22-15-10-9-13(2)14(3)11-15/h5-11H,4,12H2,1-3H3,(H,22,25). The van der Waals surface area contributed by atoms with Crippen LogP contribution in [-0.2, 0) is 16.1 Å². The molecule has 3 rings (SSSR count). The van der Waals surface area contributed by atoms with Gasteiger partial charge in [0.25, 0.3) is 11.5 Å². The lowest BCUT2D eigenvalue weighted by atomic mass is 10.1. The van der Waals surface area contributed by atoms with Crippen LogP contribution >= 0.6 is 0 Å². The Morgan fingerprint density at radius 3 is 2.46 bits per heavy atom. The quantitative estimate of drug-likeness (QED) is 0.689. The zero-order chi connectivity index (χ0) is 20.3. The van der Waals surface area contributed by atoms with Crippen LogP contribution in [0.1, 0.15) is 28.5 Å². The Morgan fingerprint density at radius 2 is 1.79 bits per heavy atom. The van der Waals surface area contributed by atoms with Crippen molar-refractivity contribution in [2.75, 3.05) is 11.9 Å². The van der Waals surface area contributed by atoms with Crippen molar-refractivity contribution in [2.24, 2.45) is 0 Å². The summed E-state index contributed by atoms with van der Waals surface area (Å²) in [5.74, 6) is -1.21. The maximum Gasteiger partial charge on any atom is 0.359 e. The number of carbonyl (C=O) groups is 2. The SMILES string of the molecule is CCn1nc(C(=O)OCC(=O)Nc2ccc(C)c(C)c2)c2ccccc2c1=O. The number of nitrogens with zero attached hydrogens (tertiary/aromatic N) is 2. The van der Waals surface area contributed by atoms with Crippen LogP contribution in [-0.4, -0.2) is 28.3 Å². The zero-order valence-corrected chi connectivity index (χ0v) is 16.0. The van der Waals surface area contributed by atoms with Gasteiger partial charge < -0.3 is 10.1 Å². The molecule has 0 bridgehead atoms. The van der Waals surface area contributed by atoms with Gasteiger partial charge >= 0.3 is 5.97 Å². The third kappa shape index (κ3) is 3.93. The summed E-state index contributed by atoms with van der Waals surface area (Å²) in [4.78, 5) is 37.0. The molecular weight excluding hydrogens is 358 g/mol. The van der Waals surface area contributed by atoms with Crippen LogP contribution in [0.25, 0.3) is 10.8 Å². The molecule has 0 unspecified atom stereocenters. The van der Waals surface area contributed by atoms with E-state index in [0.717, 1.165) is 11.1 Å². The number of aryl methyl sites for hydroxylation is 3. The molecule has 0 aliphatic rings. The van der Waals surface area contributed by atoms with Gasteiger partial charge in [0.15, 0.2) is 12.3 Å². The van der Waals surface area contributed by atoms with E-state index in [9.17, 15) is 14.4 Å². The number of carbonyl (C=O) groups excluding carboxylic acids is 2. The molecule has 0 fully saturated rings.